The molecule has 1 saturated heterocycles. The minimum atomic E-state index is -3.13. The third-order valence-electron chi connectivity index (χ3n) is 5.09. The lowest BCUT2D eigenvalue weighted by Crippen LogP contribution is -2.41. The van der Waals surface area contributed by atoms with Crippen molar-refractivity contribution in [3.8, 4) is 0 Å². The highest BCUT2D eigenvalue weighted by Gasteiger charge is 2.49. The minimum Gasteiger partial charge on any atom is -0.322 e. The molecule has 0 aromatic carbocycles. The van der Waals surface area contributed by atoms with E-state index in [-0.39, 0.29) is 23.0 Å². The Morgan fingerprint density at radius 3 is 2.81 bits per heavy atom. The summed E-state index contributed by atoms with van der Waals surface area (Å²) >= 11 is 6.03. The Labute approximate surface area is 185 Å². The number of H-pyrrole nitrogens is 1. The number of nitrogens with one attached hydrogen (secondary N) is 3. The molecule has 5 rings (SSSR count). The third-order valence-corrected chi connectivity index (χ3v) is 5.26. The van der Waals surface area contributed by atoms with Gasteiger partial charge in [0.25, 0.3) is 5.92 Å². The fourth-order valence-electron chi connectivity index (χ4n) is 3.48. The molecule has 3 aromatic rings. The van der Waals surface area contributed by atoms with Crippen molar-refractivity contribution in [1.82, 2.24) is 35.1 Å². The average molecular weight is 463 g/mol. The fourth-order valence-corrected chi connectivity index (χ4v) is 3.63. The number of amides is 1. The van der Waals surface area contributed by atoms with Gasteiger partial charge in [0.05, 0.1) is 12.7 Å². The van der Waals surface area contributed by atoms with Crippen LogP contribution in [0, 0.1) is 0 Å². The molecular formula is C18H17ClF2N10O. The van der Waals surface area contributed by atoms with Crippen LogP contribution in [0.4, 0.5) is 32.3 Å². The molecule has 3 N–H and O–H groups in total. The molecule has 0 radical (unpaired) electrons. The number of hydrogen-bond acceptors (Lipinski definition) is 9. The first-order valence-corrected chi connectivity index (χ1v) is 10.2. The van der Waals surface area contributed by atoms with E-state index < -0.39 is 30.8 Å². The van der Waals surface area contributed by atoms with Crippen LogP contribution in [0.5, 0.6) is 0 Å². The van der Waals surface area contributed by atoms with Gasteiger partial charge in [-0.05, 0) is 24.4 Å². The molecule has 1 amide bonds. The maximum Gasteiger partial charge on any atom is 0.267 e. The lowest BCUT2D eigenvalue weighted by molar-refractivity contribution is -0.118. The van der Waals surface area contributed by atoms with E-state index in [0.29, 0.717) is 11.7 Å². The van der Waals surface area contributed by atoms with Gasteiger partial charge in [0.15, 0.2) is 11.6 Å². The second-order valence-electron chi connectivity index (χ2n) is 7.62. The lowest BCUT2D eigenvalue weighted by atomic mass is 10.2. The van der Waals surface area contributed by atoms with Gasteiger partial charge in [-0.3, -0.25) is 14.9 Å². The van der Waals surface area contributed by atoms with Crippen molar-refractivity contribution in [3.63, 3.8) is 0 Å². The van der Waals surface area contributed by atoms with Crippen LogP contribution in [-0.2, 0) is 4.79 Å². The molecule has 1 atom stereocenters. The highest BCUT2D eigenvalue weighted by molar-refractivity contribution is 6.28. The number of nitrogens with zero attached hydrogens (tertiary/aromatic N) is 7. The van der Waals surface area contributed by atoms with Gasteiger partial charge in [0, 0.05) is 36.5 Å². The molecule has 4 heterocycles. The summed E-state index contributed by atoms with van der Waals surface area (Å²) in [5.41, 5.74) is 0.993. The summed E-state index contributed by atoms with van der Waals surface area (Å²) in [4.78, 5) is 33.8. The summed E-state index contributed by atoms with van der Waals surface area (Å²) in [5, 5.41) is 12.3. The largest absolute Gasteiger partial charge is 0.322 e. The topological polar surface area (TPSA) is 138 Å². The summed E-state index contributed by atoms with van der Waals surface area (Å²) < 4.78 is 28.6. The Hall–Kier alpha value is -3.48. The van der Waals surface area contributed by atoms with Crippen LogP contribution in [0.25, 0.3) is 0 Å². The lowest BCUT2D eigenvalue weighted by Gasteiger charge is -2.23. The van der Waals surface area contributed by atoms with Crippen LogP contribution in [0.15, 0.2) is 24.7 Å². The maximum atomic E-state index is 14.3. The molecule has 1 aliphatic heterocycles. The molecule has 1 saturated carbocycles. The van der Waals surface area contributed by atoms with Crippen LogP contribution in [0.2, 0.25) is 5.28 Å². The smallest absolute Gasteiger partial charge is 0.267 e. The Morgan fingerprint density at radius 2 is 2.06 bits per heavy atom. The summed E-state index contributed by atoms with van der Waals surface area (Å²) in [5.74, 6) is -2.86. The Balaban J connectivity index is 1.38. The highest BCUT2D eigenvalue weighted by Crippen LogP contribution is 2.40. The standard InChI is InChI=1S/C18H17ClF2N10O/c19-15-26-16(25-12-5-10(29-30-12)9-1-2-9)28-17(27-15)31-8-18(20,21)6-11(31)14(32)24-13-7-22-3-4-23-13/h3-5,7,9,11H,1-2,6,8H2,(H,23,24,32)(H2,25,26,27,28,29,30). The second kappa shape index (κ2) is 7.89. The monoisotopic (exact) mass is 462 g/mol. The third kappa shape index (κ3) is 4.42. The molecule has 14 heteroatoms. The van der Waals surface area contributed by atoms with Gasteiger partial charge < -0.3 is 15.5 Å². The number of carbonyl (C=O) groups is 1. The molecule has 1 aliphatic carbocycles. The van der Waals surface area contributed by atoms with E-state index >= 15 is 0 Å². The number of aromatic nitrogens is 7. The zero-order chi connectivity index (χ0) is 22.3. The molecule has 0 spiro atoms. The van der Waals surface area contributed by atoms with Crippen LogP contribution < -0.4 is 15.5 Å². The summed E-state index contributed by atoms with van der Waals surface area (Å²) in [7, 11) is 0. The number of rotatable bonds is 6. The van der Waals surface area contributed by atoms with Gasteiger partial charge in [-0.15, -0.1) is 0 Å². The Kier molecular flexibility index (Phi) is 5.04. The van der Waals surface area contributed by atoms with Crippen molar-refractivity contribution in [2.45, 2.75) is 37.1 Å². The summed E-state index contributed by atoms with van der Waals surface area (Å²) in [6.07, 6.45) is 5.62. The molecule has 166 valence electrons. The number of aromatic amines is 1. The first-order valence-electron chi connectivity index (χ1n) is 9.81. The van der Waals surface area contributed by atoms with E-state index in [1.54, 1.807) is 0 Å². The van der Waals surface area contributed by atoms with Crippen molar-refractivity contribution in [3.05, 3.63) is 35.6 Å². The molecule has 2 aliphatic rings. The normalized spacial score (nSPS) is 19.7. The van der Waals surface area contributed by atoms with E-state index in [1.165, 1.54) is 18.6 Å². The van der Waals surface area contributed by atoms with E-state index in [0.717, 1.165) is 23.4 Å². The first-order chi connectivity index (χ1) is 15.4. The maximum absolute atomic E-state index is 14.3. The predicted octanol–water partition coefficient (Wildman–Crippen LogP) is 2.51. The predicted molar refractivity (Wildman–Crippen MR) is 110 cm³/mol. The van der Waals surface area contributed by atoms with E-state index in [1.807, 2.05) is 6.07 Å². The molecular weight excluding hydrogens is 446 g/mol. The van der Waals surface area contributed by atoms with Gasteiger partial charge in [-0.1, -0.05) is 0 Å². The van der Waals surface area contributed by atoms with Gasteiger partial charge in [-0.25, -0.2) is 13.8 Å². The van der Waals surface area contributed by atoms with Gasteiger partial charge in [-0.2, -0.15) is 20.1 Å². The highest BCUT2D eigenvalue weighted by atomic mass is 35.5. The zero-order valence-corrected chi connectivity index (χ0v) is 17.2. The Morgan fingerprint density at radius 1 is 1.22 bits per heavy atom. The Bertz CT molecular complexity index is 1140. The zero-order valence-electron chi connectivity index (χ0n) is 16.5. The van der Waals surface area contributed by atoms with E-state index in [4.69, 9.17) is 11.6 Å². The van der Waals surface area contributed by atoms with Crippen LogP contribution >= 0.6 is 11.6 Å². The van der Waals surface area contributed by atoms with Crippen molar-refractivity contribution >= 4 is 41.0 Å². The van der Waals surface area contributed by atoms with Gasteiger partial charge in [0.2, 0.25) is 23.1 Å². The molecule has 3 aromatic heterocycles. The van der Waals surface area contributed by atoms with Crippen LogP contribution in [-0.4, -0.2) is 59.5 Å². The fraction of sp³-hybridized carbons (Fsp3) is 0.389. The molecule has 1 unspecified atom stereocenters. The van der Waals surface area contributed by atoms with Crippen molar-refractivity contribution < 1.29 is 13.6 Å². The molecule has 0 bridgehead atoms. The number of halogens is 3. The minimum absolute atomic E-state index is 0.0251. The number of alkyl halides is 2. The van der Waals surface area contributed by atoms with Crippen LogP contribution in [0.1, 0.15) is 30.9 Å². The van der Waals surface area contributed by atoms with E-state index in [9.17, 15) is 13.6 Å². The SMILES string of the molecule is O=C(Nc1cnccn1)C1CC(F)(F)CN1c1nc(Cl)nc(Nc2cc(C3CC3)[nH]n2)n1. The number of carbonyl (C=O) groups excluding carboxylic acids is 1. The van der Waals surface area contributed by atoms with Gasteiger partial charge in [0.1, 0.15) is 6.04 Å². The van der Waals surface area contributed by atoms with Crippen molar-refractivity contribution in [2.75, 3.05) is 22.1 Å². The van der Waals surface area contributed by atoms with Gasteiger partial charge >= 0.3 is 0 Å². The van der Waals surface area contributed by atoms with Crippen LogP contribution in [0.3, 0.4) is 0 Å². The second-order valence-corrected chi connectivity index (χ2v) is 7.96. The van der Waals surface area contributed by atoms with E-state index in [2.05, 4.69) is 45.8 Å². The number of anilines is 4. The molecule has 11 nitrogen and oxygen atoms in total. The first kappa shape index (κ1) is 20.4. The summed E-state index contributed by atoms with van der Waals surface area (Å²) in [6.45, 7) is -0.750. The molecule has 32 heavy (non-hydrogen) atoms. The summed E-state index contributed by atoms with van der Waals surface area (Å²) in [6, 6.07) is 0.584. The average Bonchev–Trinajstić information content (AvgIpc) is 3.40. The van der Waals surface area contributed by atoms with Crippen molar-refractivity contribution in [1.29, 1.82) is 0 Å². The quantitative estimate of drug-likeness (QED) is 0.504. The molecule has 2 fully saturated rings. The van der Waals surface area contributed by atoms with Crippen molar-refractivity contribution in [2.24, 2.45) is 0 Å². The number of hydrogen-bond donors (Lipinski definition) is 3.